The SMILES string of the molecule is CCCCC(CC)COC(=O)C(C)(CC)CC(C)(CC(C)C(=O)OC(C)N1CCCCCC1=O)C(=O)NC. The van der Waals surface area contributed by atoms with Crippen LogP contribution in [0.2, 0.25) is 0 Å². The zero-order chi connectivity index (χ0) is 28.9. The summed E-state index contributed by atoms with van der Waals surface area (Å²) < 4.78 is 11.5. The van der Waals surface area contributed by atoms with Crippen molar-refractivity contribution in [2.75, 3.05) is 20.2 Å². The van der Waals surface area contributed by atoms with Gasteiger partial charge >= 0.3 is 11.9 Å². The lowest BCUT2D eigenvalue weighted by Gasteiger charge is -2.38. The molecule has 0 spiro atoms. The highest BCUT2D eigenvalue weighted by Gasteiger charge is 2.46. The molecular formula is C30H54N2O6. The highest BCUT2D eigenvalue weighted by atomic mass is 16.6. The molecule has 0 radical (unpaired) electrons. The van der Waals surface area contributed by atoms with Crippen LogP contribution in [0.3, 0.4) is 0 Å². The molecule has 1 saturated heterocycles. The summed E-state index contributed by atoms with van der Waals surface area (Å²) in [4.78, 5) is 53.5. The predicted molar refractivity (Wildman–Crippen MR) is 149 cm³/mol. The highest BCUT2D eigenvalue weighted by Crippen LogP contribution is 2.42. The van der Waals surface area contributed by atoms with E-state index in [4.69, 9.17) is 9.47 Å². The van der Waals surface area contributed by atoms with E-state index in [1.54, 1.807) is 32.7 Å². The second-order valence-corrected chi connectivity index (χ2v) is 11.8. The monoisotopic (exact) mass is 538 g/mol. The van der Waals surface area contributed by atoms with Gasteiger partial charge < -0.3 is 19.7 Å². The van der Waals surface area contributed by atoms with E-state index in [-0.39, 0.29) is 30.6 Å². The van der Waals surface area contributed by atoms with Gasteiger partial charge in [0.1, 0.15) is 0 Å². The molecule has 0 aromatic rings. The van der Waals surface area contributed by atoms with Crippen molar-refractivity contribution >= 4 is 23.8 Å². The smallest absolute Gasteiger partial charge is 0.311 e. The maximum Gasteiger partial charge on any atom is 0.311 e. The Labute approximate surface area is 230 Å². The molecule has 2 amide bonds. The maximum atomic E-state index is 13.3. The Morgan fingerprint density at radius 3 is 2.32 bits per heavy atom. The van der Waals surface area contributed by atoms with Crippen LogP contribution in [0.1, 0.15) is 119 Å². The molecule has 0 bridgehead atoms. The molecule has 1 aliphatic heterocycles. The molecule has 0 aromatic heterocycles. The van der Waals surface area contributed by atoms with Crippen molar-refractivity contribution in [2.45, 2.75) is 125 Å². The number of ether oxygens (including phenoxy) is 2. The van der Waals surface area contributed by atoms with Crippen molar-refractivity contribution < 1.29 is 28.7 Å². The molecule has 220 valence electrons. The lowest BCUT2D eigenvalue weighted by atomic mass is 9.67. The fraction of sp³-hybridized carbons (Fsp3) is 0.867. The second kappa shape index (κ2) is 16.1. The van der Waals surface area contributed by atoms with Gasteiger partial charge in [0.15, 0.2) is 6.23 Å². The molecule has 5 atom stereocenters. The molecule has 5 unspecified atom stereocenters. The van der Waals surface area contributed by atoms with E-state index in [1.165, 1.54) is 0 Å². The third-order valence-corrected chi connectivity index (χ3v) is 8.32. The van der Waals surface area contributed by atoms with Crippen molar-refractivity contribution in [1.29, 1.82) is 0 Å². The molecule has 1 heterocycles. The Bertz CT molecular complexity index is 787. The average molecular weight is 539 g/mol. The van der Waals surface area contributed by atoms with Gasteiger partial charge in [-0.2, -0.15) is 0 Å². The summed E-state index contributed by atoms with van der Waals surface area (Å²) in [5.74, 6) is -1.24. The topological polar surface area (TPSA) is 102 Å². The van der Waals surface area contributed by atoms with E-state index in [1.807, 2.05) is 13.8 Å². The Balaban J connectivity index is 2.94. The zero-order valence-corrected chi connectivity index (χ0v) is 25.3. The average Bonchev–Trinajstić information content (AvgIpc) is 3.11. The first kappa shape index (κ1) is 33.9. The molecule has 1 fully saturated rings. The van der Waals surface area contributed by atoms with Gasteiger partial charge in [-0.15, -0.1) is 0 Å². The molecule has 38 heavy (non-hydrogen) atoms. The summed E-state index contributed by atoms with van der Waals surface area (Å²) in [7, 11) is 1.57. The Morgan fingerprint density at radius 2 is 1.74 bits per heavy atom. The largest absolute Gasteiger partial charge is 0.465 e. The summed E-state index contributed by atoms with van der Waals surface area (Å²) in [5, 5.41) is 2.73. The van der Waals surface area contributed by atoms with Gasteiger partial charge in [-0.05, 0) is 58.3 Å². The molecule has 1 aliphatic rings. The molecule has 0 saturated carbocycles. The fourth-order valence-corrected chi connectivity index (χ4v) is 5.51. The molecule has 8 nitrogen and oxygen atoms in total. The number of amides is 2. The van der Waals surface area contributed by atoms with Gasteiger partial charge in [0.05, 0.1) is 17.9 Å². The summed E-state index contributed by atoms with van der Waals surface area (Å²) >= 11 is 0. The maximum absolute atomic E-state index is 13.3. The molecule has 1 rings (SSSR count). The molecule has 8 heteroatoms. The van der Waals surface area contributed by atoms with Crippen molar-refractivity contribution in [3.63, 3.8) is 0 Å². The van der Waals surface area contributed by atoms with Crippen LogP contribution in [0, 0.1) is 22.7 Å². The van der Waals surface area contributed by atoms with E-state index in [2.05, 4.69) is 19.2 Å². The van der Waals surface area contributed by atoms with Gasteiger partial charge in [0, 0.05) is 25.4 Å². The number of carbonyl (C=O) groups excluding carboxylic acids is 4. The Kier molecular flexibility index (Phi) is 14.4. The minimum Gasteiger partial charge on any atom is -0.465 e. The van der Waals surface area contributed by atoms with Gasteiger partial charge in [0.25, 0.3) is 0 Å². The van der Waals surface area contributed by atoms with E-state index in [9.17, 15) is 19.2 Å². The number of likely N-dealkylation sites (tertiary alicyclic amines) is 1. The summed E-state index contributed by atoms with van der Waals surface area (Å²) in [6.07, 6.45) is 7.71. The standard InChI is InChI=1S/C30H54N2O6/c1-9-12-16-24(10-2)20-37-28(36)29(6,11-3)21-30(7,27(35)31-8)19-22(4)26(34)38-23(5)32-18-15-13-14-17-25(32)33/h22-24H,9-21H2,1-8H3,(H,31,35). The van der Waals surface area contributed by atoms with E-state index in [0.29, 0.717) is 31.9 Å². The lowest BCUT2D eigenvalue weighted by molar-refractivity contribution is -0.167. The normalized spacial score (nSPS) is 19.8. The number of rotatable bonds is 16. The first-order chi connectivity index (χ1) is 17.9. The quantitative estimate of drug-likeness (QED) is 0.256. The van der Waals surface area contributed by atoms with E-state index >= 15 is 0 Å². The Morgan fingerprint density at radius 1 is 1.05 bits per heavy atom. The summed E-state index contributed by atoms with van der Waals surface area (Å²) in [5.41, 5.74) is -1.87. The molecule has 1 N–H and O–H groups in total. The van der Waals surface area contributed by atoms with Crippen LogP contribution >= 0.6 is 0 Å². The fourth-order valence-electron chi connectivity index (χ4n) is 5.51. The number of nitrogens with one attached hydrogen (secondary N) is 1. The van der Waals surface area contributed by atoms with Crippen LogP contribution in [-0.4, -0.2) is 55.1 Å². The van der Waals surface area contributed by atoms with Crippen LogP contribution in [0.5, 0.6) is 0 Å². The van der Waals surface area contributed by atoms with Gasteiger partial charge in [-0.25, -0.2) is 0 Å². The van der Waals surface area contributed by atoms with Gasteiger partial charge in [0.2, 0.25) is 11.8 Å². The summed E-state index contributed by atoms with van der Waals surface area (Å²) in [6, 6.07) is 0. The number of esters is 2. The van der Waals surface area contributed by atoms with Crippen LogP contribution < -0.4 is 5.32 Å². The predicted octanol–water partition coefficient (Wildman–Crippen LogP) is 5.62. The molecule has 0 aromatic carbocycles. The first-order valence-electron chi connectivity index (χ1n) is 14.8. The van der Waals surface area contributed by atoms with Crippen LogP contribution in [0.15, 0.2) is 0 Å². The number of carbonyl (C=O) groups is 4. The third-order valence-electron chi connectivity index (χ3n) is 8.32. The third kappa shape index (κ3) is 9.88. The summed E-state index contributed by atoms with van der Waals surface area (Å²) in [6.45, 7) is 14.3. The number of unbranched alkanes of at least 4 members (excludes halogenated alkanes) is 1. The van der Waals surface area contributed by atoms with Gasteiger partial charge in [-0.1, -0.05) is 60.3 Å². The van der Waals surface area contributed by atoms with E-state index in [0.717, 1.165) is 44.9 Å². The van der Waals surface area contributed by atoms with Crippen molar-refractivity contribution in [1.82, 2.24) is 10.2 Å². The zero-order valence-electron chi connectivity index (χ0n) is 25.3. The van der Waals surface area contributed by atoms with E-state index < -0.39 is 28.9 Å². The van der Waals surface area contributed by atoms with Crippen molar-refractivity contribution in [3.8, 4) is 0 Å². The first-order valence-corrected chi connectivity index (χ1v) is 14.8. The number of nitrogens with zero attached hydrogens (tertiary/aromatic N) is 1. The van der Waals surface area contributed by atoms with Crippen LogP contribution in [0.25, 0.3) is 0 Å². The number of hydrogen-bond donors (Lipinski definition) is 1. The molecular weight excluding hydrogens is 484 g/mol. The molecule has 0 aliphatic carbocycles. The highest BCUT2D eigenvalue weighted by molar-refractivity contribution is 5.85. The number of hydrogen-bond acceptors (Lipinski definition) is 6. The van der Waals surface area contributed by atoms with Crippen LogP contribution in [0.4, 0.5) is 0 Å². The Hall–Kier alpha value is -2.12. The second-order valence-electron chi connectivity index (χ2n) is 11.8. The van der Waals surface area contributed by atoms with Crippen LogP contribution in [-0.2, 0) is 28.7 Å². The minimum atomic E-state index is -0.995. The van der Waals surface area contributed by atoms with Gasteiger partial charge in [-0.3, -0.25) is 19.2 Å². The van der Waals surface area contributed by atoms with Crippen molar-refractivity contribution in [2.24, 2.45) is 22.7 Å². The minimum absolute atomic E-state index is 0.00267. The van der Waals surface area contributed by atoms with Crippen molar-refractivity contribution in [3.05, 3.63) is 0 Å². The lowest BCUT2D eigenvalue weighted by Crippen LogP contribution is -2.46.